The van der Waals surface area contributed by atoms with E-state index in [0.717, 1.165) is 16.9 Å². The molecule has 1 aromatic carbocycles. The molecule has 0 spiro atoms. The number of thioether (sulfide) groups is 1. The Balaban J connectivity index is 2.06. The maximum Gasteiger partial charge on any atom is 0.131 e. The summed E-state index contributed by atoms with van der Waals surface area (Å²) in [5.74, 6) is 0. The summed E-state index contributed by atoms with van der Waals surface area (Å²) in [6.07, 6.45) is 2.07. The Morgan fingerprint density at radius 3 is 2.50 bits per heavy atom. The summed E-state index contributed by atoms with van der Waals surface area (Å²) < 4.78 is 1.70. The zero-order valence-electron chi connectivity index (χ0n) is 10.7. The smallest absolute Gasteiger partial charge is 0.131 e. The van der Waals surface area contributed by atoms with Crippen LogP contribution in [0.4, 0.5) is 5.69 Å². The summed E-state index contributed by atoms with van der Waals surface area (Å²) in [6.45, 7) is 2.66. The molecule has 0 aliphatic rings. The quantitative estimate of drug-likeness (QED) is 0.867. The Hall–Kier alpha value is -1.13. The van der Waals surface area contributed by atoms with Gasteiger partial charge in [-0.15, -0.1) is 11.8 Å². The van der Waals surface area contributed by atoms with E-state index in [1.807, 2.05) is 14.0 Å². The molecule has 0 fully saturated rings. The van der Waals surface area contributed by atoms with Gasteiger partial charge in [-0.1, -0.05) is 11.6 Å². The van der Waals surface area contributed by atoms with Crippen molar-refractivity contribution in [1.82, 2.24) is 9.78 Å². The van der Waals surface area contributed by atoms with Crippen molar-refractivity contribution >= 4 is 29.1 Å². The molecule has 2 rings (SSSR count). The van der Waals surface area contributed by atoms with Crippen LogP contribution in [0.5, 0.6) is 0 Å². The van der Waals surface area contributed by atoms with Crippen LogP contribution in [0.1, 0.15) is 11.3 Å². The largest absolute Gasteiger partial charge is 0.381 e. The second kappa shape index (κ2) is 5.67. The lowest BCUT2D eigenvalue weighted by molar-refractivity contribution is 0.757. The van der Waals surface area contributed by atoms with Crippen LogP contribution in [0.25, 0.3) is 0 Å². The summed E-state index contributed by atoms with van der Waals surface area (Å²) in [5, 5.41) is 8.35. The second-order valence-corrected chi connectivity index (χ2v) is 5.30. The number of benzene rings is 1. The van der Waals surface area contributed by atoms with Crippen molar-refractivity contribution in [1.29, 1.82) is 0 Å². The van der Waals surface area contributed by atoms with Gasteiger partial charge in [0, 0.05) is 29.7 Å². The van der Waals surface area contributed by atoms with Gasteiger partial charge in [0.15, 0.2) is 0 Å². The van der Waals surface area contributed by atoms with E-state index < -0.39 is 0 Å². The summed E-state index contributed by atoms with van der Waals surface area (Å²) in [7, 11) is 1.85. The fourth-order valence-corrected chi connectivity index (χ4v) is 2.42. The molecular formula is C13H16ClN3S. The van der Waals surface area contributed by atoms with E-state index >= 15 is 0 Å². The van der Waals surface area contributed by atoms with E-state index in [1.54, 1.807) is 16.4 Å². The zero-order chi connectivity index (χ0) is 13.1. The molecular weight excluding hydrogens is 266 g/mol. The minimum absolute atomic E-state index is 0.692. The molecule has 0 radical (unpaired) electrons. The van der Waals surface area contributed by atoms with Gasteiger partial charge >= 0.3 is 0 Å². The van der Waals surface area contributed by atoms with Crippen LogP contribution in [0.2, 0.25) is 5.15 Å². The standard InChI is InChI=1S/C13H16ClN3S/c1-9-12(13(14)17(2)16-9)8-15-10-4-6-11(18-3)7-5-10/h4-7,15H,8H2,1-3H3. The average Bonchev–Trinajstić information content (AvgIpc) is 2.62. The molecule has 1 aromatic heterocycles. The minimum atomic E-state index is 0.692. The van der Waals surface area contributed by atoms with E-state index in [0.29, 0.717) is 11.7 Å². The molecule has 0 aliphatic carbocycles. The highest BCUT2D eigenvalue weighted by atomic mass is 35.5. The number of aromatic nitrogens is 2. The highest BCUT2D eigenvalue weighted by Crippen LogP contribution is 2.21. The van der Waals surface area contributed by atoms with Gasteiger partial charge in [0.25, 0.3) is 0 Å². The van der Waals surface area contributed by atoms with Gasteiger partial charge in [0.1, 0.15) is 5.15 Å². The maximum atomic E-state index is 6.19. The molecule has 0 saturated carbocycles. The van der Waals surface area contributed by atoms with Crippen LogP contribution in [0, 0.1) is 6.92 Å². The number of halogens is 1. The molecule has 96 valence electrons. The van der Waals surface area contributed by atoms with Crippen LogP contribution in [0.15, 0.2) is 29.2 Å². The van der Waals surface area contributed by atoms with Crippen molar-refractivity contribution in [2.24, 2.45) is 7.05 Å². The number of anilines is 1. The van der Waals surface area contributed by atoms with Crippen LogP contribution < -0.4 is 5.32 Å². The molecule has 18 heavy (non-hydrogen) atoms. The highest BCUT2D eigenvalue weighted by molar-refractivity contribution is 7.98. The van der Waals surface area contributed by atoms with E-state index in [1.165, 1.54) is 4.90 Å². The number of rotatable bonds is 4. The fourth-order valence-electron chi connectivity index (χ4n) is 1.77. The van der Waals surface area contributed by atoms with Gasteiger partial charge in [-0.25, -0.2) is 0 Å². The lowest BCUT2D eigenvalue weighted by Crippen LogP contribution is -2.00. The monoisotopic (exact) mass is 281 g/mol. The minimum Gasteiger partial charge on any atom is -0.381 e. The van der Waals surface area contributed by atoms with Crippen LogP contribution in [-0.4, -0.2) is 16.0 Å². The lowest BCUT2D eigenvalue weighted by atomic mass is 10.2. The van der Waals surface area contributed by atoms with Gasteiger partial charge in [-0.05, 0) is 37.4 Å². The summed E-state index contributed by atoms with van der Waals surface area (Å²) >= 11 is 7.92. The maximum absolute atomic E-state index is 6.19. The number of hydrogen-bond acceptors (Lipinski definition) is 3. The van der Waals surface area contributed by atoms with Crippen LogP contribution in [-0.2, 0) is 13.6 Å². The first-order chi connectivity index (χ1) is 8.61. The summed E-state index contributed by atoms with van der Waals surface area (Å²) in [4.78, 5) is 1.26. The van der Waals surface area contributed by atoms with Crippen LogP contribution >= 0.6 is 23.4 Å². The molecule has 1 heterocycles. The molecule has 0 amide bonds. The van der Waals surface area contributed by atoms with Crippen molar-refractivity contribution in [2.75, 3.05) is 11.6 Å². The molecule has 1 N–H and O–H groups in total. The van der Waals surface area contributed by atoms with Crippen molar-refractivity contribution in [3.63, 3.8) is 0 Å². The molecule has 0 bridgehead atoms. The van der Waals surface area contributed by atoms with Crippen molar-refractivity contribution in [3.8, 4) is 0 Å². The third kappa shape index (κ3) is 2.82. The van der Waals surface area contributed by atoms with Crippen molar-refractivity contribution in [2.45, 2.75) is 18.4 Å². The third-order valence-electron chi connectivity index (χ3n) is 2.83. The molecule has 5 heteroatoms. The van der Waals surface area contributed by atoms with Gasteiger partial charge < -0.3 is 5.32 Å². The Bertz CT molecular complexity index is 534. The predicted octanol–water partition coefficient (Wildman–Crippen LogP) is 3.72. The summed E-state index contributed by atoms with van der Waals surface area (Å²) in [6, 6.07) is 8.35. The molecule has 2 aromatic rings. The Morgan fingerprint density at radius 1 is 1.33 bits per heavy atom. The molecule has 0 aliphatic heterocycles. The predicted molar refractivity (Wildman–Crippen MR) is 78.5 cm³/mol. The summed E-state index contributed by atoms with van der Waals surface area (Å²) in [5.41, 5.74) is 3.11. The first kappa shape index (κ1) is 13.3. The van der Waals surface area contributed by atoms with Gasteiger partial charge in [0.05, 0.1) is 5.69 Å². The molecule has 0 atom stereocenters. The first-order valence-electron chi connectivity index (χ1n) is 5.67. The normalized spacial score (nSPS) is 10.7. The van der Waals surface area contributed by atoms with Gasteiger partial charge in [0.2, 0.25) is 0 Å². The number of nitrogens with zero attached hydrogens (tertiary/aromatic N) is 2. The molecule has 3 nitrogen and oxygen atoms in total. The number of aryl methyl sites for hydroxylation is 2. The van der Waals surface area contributed by atoms with E-state index in [9.17, 15) is 0 Å². The number of nitrogens with one attached hydrogen (secondary N) is 1. The topological polar surface area (TPSA) is 29.9 Å². The Morgan fingerprint density at radius 2 is 2.00 bits per heavy atom. The Labute approximate surface area is 117 Å². The molecule has 0 saturated heterocycles. The first-order valence-corrected chi connectivity index (χ1v) is 7.28. The average molecular weight is 282 g/mol. The highest BCUT2D eigenvalue weighted by Gasteiger charge is 2.10. The van der Waals surface area contributed by atoms with Gasteiger partial charge in [-0.3, -0.25) is 4.68 Å². The van der Waals surface area contributed by atoms with Crippen molar-refractivity contribution < 1.29 is 0 Å². The lowest BCUT2D eigenvalue weighted by Gasteiger charge is -2.07. The third-order valence-corrected chi connectivity index (χ3v) is 4.05. The fraction of sp³-hybridized carbons (Fsp3) is 0.308. The van der Waals surface area contributed by atoms with Crippen LogP contribution in [0.3, 0.4) is 0 Å². The zero-order valence-corrected chi connectivity index (χ0v) is 12.3. The van der Waals surface area contributed by atoms with Gasteiger partial charge in [-0.2, -0.15) is 5.10 Å². The van der Waals surface area contributed by atoms with E-state index in [2.05, 4.69) is 40.9 Å². The molecule has 0 unspecified atom stereocenters. The van der Waals surface area contributed by atoms with Crippen molar-refractivity contribution in [3.05, 3.63) is 40.7 Å². The van der Waals surface area contributed by atoms with E-state index in [4.69, 9.17) is 11.6 Å². The van der Waals surface area contributed by atoms with E-state index in [-0.39, 0.29) is 0 Å². The number of hydrogen-bond donors (Lipinski definition) is 1. The Kier molecular flexibility index (Phi) is 4.19. The second-order valence-electron chi connectivity index (χ2n) is 4.06. The SMILES string of the molecule is CSc1ccc(NCc2c(C)nn(C)c2Cl)cc1.